The van der Waals surface area contributed by atoms with Crippen molar-refractivity contribution in [1.82, 2.24) is 0 Å². The van der Waals surface area contributed by atoms with Gasteiger partial charge in [-0.05, 0) is 26.0 Å². The Bertz CT molecular complexity index is 642. The first-order valence-corrected chi connectivity index (χ1v) is 6.84. The lowest BCUT2D eigenvalue weighted by molar-refractivity contribution is -0.889. The first-order chi connectivity index (χ1) is 10.2. The van der Waals surface area contributed by atoms with Gasteiger partial charge in [0.1, 0.15) is 18.8 Å². The van der Waals surface area contributed by atoms with Crippen LogP contribution in [0.5, 0.6) is 0 Å². The summed E-state index contributed by atoms with van der Waals surface area (Å²) in [4.78, 5) is 11.4. The Morgan fingerprint density at radius 1 is 1.18 bits per heavy atom. The largest absolute Gasteiger partial charge is 0.474 e. The number of carbonyl (C=O) groups is 1. The van der Waals surface area contributed by atoms with E-state index >= 15 is 0 Å². The van der Waals surface area contributed by atoms with Crippen molar-refractivity contribution in [2.75, 3.05) is 13.1 Å². The van der Waals surface area contributed by atoms with E-state index in [0.29, 0.717) is 24.4 Å². The van der Waals surface area contributed by atoms with Gasteiger partial charge in [0.25, 0.3) is 0 Å². The van der Waals surface area contributed by atoms with Crippen LogP contribution in [0.3, 0.4) is 0 Å². The molecule has 0 saturated heterocycles. The molecule has 1 N–H and O–H groups in total. The standard InChI is InChI=1S/C15H15F3N2O2/c1-3-20(4-2)13(14(21)22)9-12(19-20)10-5-7-11(8-6-10)15(16,17)18/h5-9H,3-4H2,1-2H3/p+1. The second kappa shape index (κ2) is 5.57. The molecule has 0 radical (unpaired) electrons. The average molecular weight is 313 g/mol. The number of nitrogens with zero attached hydrogens (tertiary/aromatic N) is 2. The molecule has 0 aliphatic carbocycles. The molecule has 1 aromatic carbocycles. The molecule has 0 amide bonds. The van der Waals surface area contributed by atoms with Gasteiger partial charge >= 0.3 is 12.1 Å². The highest BCUT2D eigenvalue weighted by atomic mass is 19.4. The van der Waals surface area contributed by atoms with Crippen LogP contribution in [-0.2, 0) is 11.0 Å². The van der Waals surface area contributed by atoms with E-state index in [1.54, 1.807) is 0 Å². The van der Waals surface area contributed by atoms with Crippen LogP contribution in [0.15, 0.2) is 41.1 Å². The third-order valence-corrected chi connectivity index (χ3v) is 3.79. The van der Waals surface area contributed by atoms with Gasteiger partial charge < -0.3 is 5.11 Å². The van der Waals surface area contributed by atoms with E-state index in [1.165, 1.54) is 18.2 Å². The van der Waals surface area contributed by atoms with E-state index in [-0.39, 0.29) is 10.3 Å². The van der Waals surface area contributed by atoms with Crippen molar-refractivity contribution in [2.45, 2.75) is 20.0 Å². The molecule has 0 atom stereocenters. The van der Waals surface area contributed by atoms with Gasteiger partial charge in [-0.25, -0.2) is 4.79 Å². The monoisotopic (exact) mass is 313 g/mol. The first-order valence-electron chi connectivity index (χ1n) is 6.84. The highest BCUT2D eigenvalue weighted by Crippen LogP contribution is 2.31. The predicted molar refractivity (Wildman–Crippen MR) is 75.0 cm³/mol. The summed E-state index contributed by atoms with van der Waals surface area (Å²) < 4.78 is 37.7. The van der Waals surface area contributed by atoms with Gasteiger partial charge in [-0.3, -0.25) is 0 Å². The van der Waals surface area contributed by atoms with Crippen molar-refractivity contribution in [3.05, 3.63) is 47.2 Å². The topological polar surface area (TPSA) is 49.7 Å². The number of hydrogen-bond acceptors (Lipinski definition) is 2. The number of alkyl halides is 3. The summed E-state index contributed by atoms with van der Waals surface area (Å²) in [6.07, 6.45) is -2.97. The second-order valence-corrected chi connectivity index (χ2v) is 4.95. The third kappa shape index (κ3) is 2.76. The molecule has 1 heterocycles. The number of allylic oxidation sites excluding steroid dienone is 1. The zero-order chi connectivity index (χ0) is 16.5. The molecule has 4 nitrogen and oxygen atoms in total. The number of aliphatic carboxylic acids is 1. The average Bonchev–Trinajstić information content (AvgIpc) is 2.87. The van der Waals surface area contributed by atoms with Crippen LogP contribution in [-0.4, -0.2) is 34.5 Å². The Morgan fingerprint density at radius 3 is 2.09 bits per heavy atom. The SMILES string of the molecule is CC[N+]1(CC)N=C(c2ccc(C(F)(F)F)cc2)C=C1C(=O)O. The molecule has 7 heteroatoms. The molecule has 0 bridgehead atoms. The van der Waals surface area contributed by atoms with E-state index < -0.39 is 17.7 Å². The second-order valence-electron chi connectivity index (χ2n) is 4.95. The number of rotatable bonds is 4. The highest BCUT2D eigenvalue weighted by Gasteiger charge is 2.41. The minimum absolute atomic E-state index is 0.0638. The Labute approximate surface area is 125 Å². The molecular weight excluding hydrogens is 297 g/mol. The molecule has 22 heavy (non-hydrogen) atoms. The summed E-state index contributed by atoms with van der Waals surface area (Å²) in [5.41, 5.74) is 0.229. The fourth-order valence-electron chi connectivity index (χ4n) is 2.46. The minimum atomic E-state index is -4.40. The van der Waals surface area contributed by atoms with Crippen LogP contribution in [0.2, 0.25) is 0 Å². The summed E-state index contributed by atoms with van der Waals surface area (Å²) in [5, 5.41) is 13.7. The lowest BCUT2D eigenvalue weighted by Gasteiger charge is -2.26. The summed E-state index contributed by atoms with van der Waals surface area (Å²) in [5.74, 6) is -1.07. The summed E-state index contributed by atoms with van der Waals surface area (Å²) >= 11 is 0. The molecule has 1 aromatic rings. The lowest BCUT2D eigenvalue weighted by atomic mass is 10.1. The maximum absolute atomic E-state index is 12.6. The van der Waals surface area contributed by atoms with Crippen molar-refractivity contribution >= 4 is 11.7 Å². The molecule has 1 aliphatic heterocycles. The van der Waals surface area contributed by atoms with Gasteiger partial charge in [-0.2, -0.15) is 17.8 Å². The Morgan fingerprint density at radius 2 is 1.73 bits per heavy atom. The molecule has 2 rings (SSSR count). The van der Waals surface area contributed by atoms with Crippen LogP contribution in [0, 0.1) is 0 Å². The van der Waals surface area contributed by atoms with Crippen molar-refractivity contribution in [3.8, 4) is 0 Å². The van der Waals surface area contributed by atoms with E-state index in [1.807, 2.05) is 13.8 Å². The highest BCUT2D eigenvalue weighted by molar-refractivity contribution is 6.12. The van der Waals surface area contributed by atoms with Crippen LogP contribution in [0.4, 0.5) is 13.2 Å². The Balaban J connectivity index is 2.43. The minimum Gasteiger partial charge on any atom is -0.474 e. The fourth-order valence-corrected chi connectivity index (χ4v) is 2.46. The molecule has 0 unspecified atom stereocenters. The van der Waals surface area contributed by atoms with Gasteiger partial charge in [0, 0.05) is 11.6 Å². The quantitative estimate of drug-likeness (QED) is 0.868. The van der Waals surface area contributed by atoms with Crippen LogP contribution in [0.1, 0.15) is 25.0 Å². The molecule has 0 fully saturated rings. The molecule has 118 valence electrons. The number of hydrogen-bond donors (Lipinski definition) is 1. The van der Waals surface area contributed by atoms with E-state index in [0.717, 1.165) is 12.1 Å². The zero-order valence-corrected chi connectivity index (χ0v) is 12.2. The summed E-state index contributed by atoms with van der Waals surface area (Å²) in [6.45, 7) is 4.55. The number of carboxylic acids is 1. The van der Waals surface area contributed by atoms with Crippen molar-refractivity contribution in [1.29, 1.82) is 0 Å². The fraction of sp³-hybridized carbons (Fsp3) is 0.333. The Kier molecular flexibility index (Phi) is 4.10. The molecule has 1 aliphatic rings. The number of benzene rings is 1. The molecule has 0 aromatic heterocycles. The molecule has 0 spiro atoms. The van der Waals surface area contributed by atoms with E-state index in [2.05, 4.69) is 5.10 Å². The van der Waals surface area contributed by atoms with Gasteiger partial charge in [0.05, 0.1) is 5.56 Å². The normalized spacial score (nSPS) is 17.1. The predicted octanol–water partition coefficient (Wildman–Crippen LogP) is 3.25. The maximum Gasteiger partial charge on any atom is 0.416 e. The van der Waals surface area contributed by atoms with Crippen molar-refractivity contribution in [3.63, 3.8) is 0 Å². The molecule has 0 saturated carbocycles. The number of halogens is 3. The number of likely N-dealkylation sites (N-methyl/N-ethyl adjacent to an activating group) is 1. The van der Waals surface area contributed by atoms with Crippen LogP contribution in [0.25, 0.3) is 0 Å². The van der Waals surface area contributed by atoms with Gasteiger partial charge in [-0.15, -0.1) is 0 Å². The third-order valence-electron chi connectivity index (χ3n) is 3.79. The number of carboxylic acid groups (broad SMARTS) is 1. The summed E-state index contributed by atoms with van der Waals surface area (Å²) in [7, 11) is 0. The zero-order valence-electron chi connectivity index (χ0n) is 12.2. The lowest BCUT2D eigenvalue weighted by Crippen LogP contribution is -2.42. The number of quaternary nitrogens is 1. The van der Waals surface area contributed by atoms with Gasteiger partial charge in [0.15, 0.2) is 0 Å². The van der Waals surface area contributed by atoms with Crippen molar-refractivity contribution < 1.29 is 27.7 Å². The van der Waals surface area contributed by atoms with Gasteiger partial charge in [-0.1, -0.05) is 17.2 Å². The maximum atomic E-state index is 12.6. The van der Waals surface area contributed by atoms with E-state index in [9.17, 15) is 23.1 Å². The first kappa shape index (κ1) is 16.2. The smallest absolute Gasteiger partial charge is 0.416 e. The van der Waals surface area contributed by atoms with Crippen LogP contribution < -0.4 is 0 Å². The Hall–Kier alpha value is -2.15. The van der Waals surface area contributed by atoms with E-state index in [4.69, 9.17) is 0 Å². The van der Waals surface area contributed by atoms with Gasteiger partial charge in [0.2, 0.25) is 5.70 Å². The molecular formula is C15H16F3N2O2+. The summed E-state index contributed by atoms with van der Waals surface area (Å²) in [6, 6.07) is 4.56. The van der Waals surface area contributed by atoms with Crippen molar-refractivity contribution in [2.24, 2.45) is 5.10 Å². The van der Waals surface area contributed by atoms with Crippen LogP contribution >= 0.6 is 0 Å².